The molecule has 0 fully saturated rings. The molecular formula is C30H30O7. The molecule has 0 saturated heterocycles. The number of phenolic OH excluding ortho intramolecular Hbond substituents is 7. The van der Waals surface area contributed by atoms with Gasteiger partial charge in [-0.3, -0.25) is 0 Å². The van der Waals surface area contributed by atoms with E-state index in [9.17, 15) is 35.7 Å². The smallest absolute Gasteiger partial charge is 0.157 e. The Bertz CT molecular complexity index is 1420. The molecule has 0 aliphatic heterocycles. The highest BCUT2D eigenvalue weighted by atomic mass is 16.3. The summed E-state index contributed by atoms with van der Waals surface area (Å²) in [6, 6.07) is 16.7. The molecule has 4 aromatic carbocycles. The van der Waals surface area contributed by atoms with Crippen molar-refractivity contribution in [2.24, 2.45) is 0 Å². The zero-order chi connectivity index (χ0) is 27.0. The highest BCUT2D eigenvalue weighted by Gasteiger charge is 2.31. The fraction of sp³-hybridized carbons (Fsp3) is 0.200. The molecule has 37 heavy (non-hydrogen) atoms. The standard InChI is InChI=1S/C30H30O7/c1-15-10-21(32)13-26(36)28(15)29(18-4-7-20(31)8-5-18)17(3)23-12-22(33)14-27(37)30(23)16(2)19-6-9-24(34)25(35)11-19/h4-14,16-17,29,31-37H,1-3H3/t16-,17+,29-/m1/s1. The predicted octanol–water partition coefficient (Wildman–Crippen LogP) is 6.02. The SMILES string of the molecule is Cc1cc(O)cc(O)c1[C@@H](c1ccc(O)cc1)[C@@H](C)c1cc(O)cc(O)c1[C@H](C)c1ccc(O)c(O)c1. The average Bonchev–Trinajstić information content (AvgIpc) is 2.82. The number of hydrogen-bond donors (Lipinski definition) is 7. The Balaban J connectivity index is 1.94. The maximum Gasteiger partial charge on any atom is 0.157 e. The fourth-order valence-corrected chi connectivity index (χ4v) is 5.20. The van der Waals surface area contributed by atoms with Gasteiger partial charge in [0.25, 0.3) is 0 Å². The van der Waals surface area contributed by atoms with Crippen molar-refractivity contribution in [1.82, 2.24) is 0 Å². The lowest BCUT2D eigenvalue weighted by Gasteiger charge is -2.31. The molecule has 192 valence electrons. The van der Waals surface area contributed by atoms with Gasteiger partial charge in [-0.2, -0.15) is 0 Å². The van der Waals surface area contributed by atoms with E-state index >= 15 is 0 Å². The first kappa shape index (κ1) is 25.6. The monoisotopic (exact) mass is 502 g/mol. The lowest BCUT2D eigenvalue weighted by atomic mass is 9.73. The molecule has 0 aromatic heterocycles. The van der Waals surface area contributed by atoms with Crippen molar-refractivity contribution in [3.63, 3.8) is 0 Å². The molecule has 4 rings (SSSR count). The molecule has 4 aromatic rings. The summed E-state index contributed by atoms with van der Waals surface area (Å²) in [5, 5.41) is 72.1. The number of rotatable bonds is 6. The number of phenols is 7. The first-order valence-electron chi connectivity index (χ1n) is 11.9. The lowest BCUT2D eigenvalue weighted by Crippen LogP contribution is -2.15. The van der Waals surface area contributed by atoms with Gasteiger partial charge in [-0.05, 0) is 71.5 Å². The van der Waals surface area contributed by atoms with Crippen LogP contribution < -0.4 is 0 Å². The van der Waals surface area contributed by atoms with E-state index in [2.05, 4.69) is 0 Å². The first-order valence-corrected chi connectivity index (χ1v) is 11.9. The van der Waals surface area contributed by atoms with Crippen LogP contribution in [-0.4, -0.2) is 35.7 Å². The average molecular weight is 503 g/mol. The third kappa shape index (κ3) is 4.93. The minimum atomic E-state index is -0.499. The molecule has 7 nitrogen and oxygen atoms in total. The second-order valence-corrected chi connectivity index (χ2v) is 9.49. The zero-order valence-electron chi connectivity index (χ0n) is 20.7. The van der Waals surface area contributed by atoms with E-state index in [4.69, 9.17) is 0 Å². The van der Waals surface area contributed by atoms with Crippen molar-refractivity contribution in [1.29, 1.82) is 0 Å². The van der Waals surface area contributed by atoms with Crippen LogP contribution in [0.4, 0.5) is 0 Å². The molecule has 0 spiro atoms. The topological polar surface area (TPSA) is 142 Å². The van der Waals surface area contributed by atoms with Crippen LogP contribution in [0, 0.1) is 6.92 Å². The Morgan fingerprint density at radius 1 is 0.514 bits per heavy atom. The third-order valence-electron chi connectivity index (χ3n) is 7.01. The molecule has 7 heteroatoms. The van der Waals surface area contributed by atoms with Crippen LogP contribution in [0.5, 0.6) is 40.2 Å². The van der Waals surface area contributed by atoms with Gasteiger partial charge in [0, 0.05) is 35.1 Å². The minimum absolute atomic E-state index is 0.0766. The Labute approximate surface area is 214 Å². The van der Waals surface area contributed by atoms with Gasteiger partial charge in [0.2, 0.25) is 0 Å². The van der Waals surface area contributed by atoms with Crippen LogP contribution in [0.1, 0.15) is 65.0 Å². The maximum atomic E-state index is 11.0. The van der Waals surface area contributed by atoms with Gasteiger partial charge < -0.3 is 35.7 Å². The lowest BCUT2D eigenvalue weighted by molar-refractivity contribution is 0.402. The summed E-state index contributed by atoms with van der Waals surface area (Å²) < 4.78 is 0. The number of benzene rings is 4. The van der Waals surface area contributed by atoms with Crippen LogP contribution in [0.3, 0.4) is 0 Å². The molecule has 0 amide bonds. The Kier molecular flexibility index (Phi) is 6.81. The van der Waals surface area contributed by atoms with Gasteiger partial charge in [-0.1, -0.05) is 32.0 Å². The van der Waals surface area contributed by atoms with E-state index in [1.54, 1.807) is 49.4 Å². The van der Waals surface area contributed by atoms with E-state index < -0.39 is 17.8 Å². The Hall–Kier alpha value is -4.52. The zero-order valence-corrected chi connectivity index (χ0v) is 20.7. The second-order valence-electron chi connectivity index (χ2n) is 9.49. The van der Waals surface area contributed by atoms with Crippen LogP contribution in [0.2, 0.25) is 0 Å². The third-order valence-corrected chi connectivity index (χ3v) is 7.01. The summed E-state index contributed by atoms with van der Waals surface area (Å²) in [5.41, 5.74) is 3.70. The van der Waals surface area contributed by atoms with Crippen molar-refractivity contribution in [3.8, 4) is 40.2 Å². The molecule has 0 aliphatic carbocycles. The largest absolute Gasteiger partial charge is 0.508 e. The fourth-order valence-electron chi connectivity index (χ4n) is 5.20. The van der Waals surface area contributed by atoms with Gasteiger partial charge in [-0.15, -0.1) is 0 Å². The molecule has 0 unspecified atom stereocenters. The highest BCUT2D eigenvalue weighted by Crippen LogP contribution is 2.49. The molecule has 0 heterocycles. The number of aryl methyl sites for hydroxylation is 1. The van der Waals surface area contributed by atoms with Crippen molar-refractivity contribution in [2.45, 2.75) is 38.5 Å². The van der Waals surface area contributed by atoms with Gasteiger partial charge in [0.05, 0.1) is 0 Å². The Morgan fingerprint density at radius 3 is 1.68 bits per heavy atom. The molecule has 0 radical (unpaired) electrons. The summed E-state index contributed by atoms with van der Waals surface area (Å²) in [6.07, 6.45) is 0. The summed E-state index contributed by atoms with van der Waals surface area (Å²) in [5.74, 6) is -2.30. The summed E-state index contributed by atoms with van der Waals surface area (Å²) in [4.78, 5) is 0. The quantitative estimate of drug-likeness (QED) is 0.160. The van der Waals surface area contributed by atoms with E-state index in [1.807, 2.05) is 13.8 Å². The predicted molar refractivity (Wildman–Crippen MR) is 140 cm³/mol. The molecule has 3 atom stereocenters. The van der Waals surface area contributed by atoms with E-state index in [1.165, 1.54) is 24.3 Å². The van der Waals surface area contributed by atoms with Crippen LogP contribution in [-0.2, 0) is 0 Å². The second kappa shape index (κ2) is 9.85. The highest BCUT2D eigenvalue weighted by molar-refractivity contribution is 5.57. The molecule has 0 aliphatic rings. The van der Waals surface area contributed by atoms with Crippen molar-refractivity contribution in [2.75, 3.05) is 0 Å². The van der Waals surface area contributed by atoms with Gasteiger partial charge >= 0.3 is 0 Å². The van der Waals surface area contributed by atoms with Crippen LogP contribution in [0.25, 0.3) is 0 Å². The van der Waals surface area contributed by atoms with Crippen molar-refractivity contribution < 1.29 is 35.7 Å². The Morgan fingerprint density at radius 2 is 1.08 bits per heavy atom. The minimum Gasteiger partial charge on any atom is -0.508 e. The molecule has 7 N–H and O–H groups in total. The van der Waals surface area contributed by atoms with E-state index in [0.29, 0.717) is 27.8 Å². The van der Waals surface area contributed by atoms with Gasteiger partial charge in [0.1, 0.15) is 28.7 Å². The van der Waals surface area contributed by atoms with Crippen LogP contribution >= 0.6 is 0 Å². The maximum absolute atomic E-state index is 11.0. The summed E-state index contributed by atoms with van der Waals surface area (Å²) >= 11 is 0. The van der Waals surface area contributed by atoms with E-state index in [-0.39, 0.29) is 40.2 Å². The summed E-state index contributed by atoms with van der Waals surface area (Å²) in [7, 11) is 0. The van der Waals surface area contributed by atoms with Crippen molar-refractivity contribution in [3.05, 3.63) is 100 Å². The molecule has 0 saturated carbocycles. The van der Waals surface area contributed by atoms with E-state index in [0.717, 1.165) is 5.56 Å². The van der Waals surface area contributed by atoms with Crippen LogP contribution in [0.15, 0.2) is 66.7 Å². The normalized spacial score (nSPS) is 13.7. The first-order chi connectivity index (χ1) is 17.5. The van der Waals surface area contributed by atoms with Gasteiger partial charge in [0.15, 0.2) is 11.5 Å². The van der Waals surface area contributed by atoms with Crippen molar-refractivity contribution >= 4 is 0 Å². The molecule has 0 bridgehead atoms. The molecular weight excluding hydrogens is 472 g/mol. The van der Waals surface area contributed by atoms with Gasteiger partial charge in [-0.25, -0.2) is 0 Å². The number of hydrogen-bond acceptors (Lipinski definition) is 7. The number of aromatic hydroxyl groups is 7. The summed E-state index contributed by atoms with van der Waals surface area (Å²) in [6.45, 7) is 5.52.